The van der Waals surface area contributed by atoms with Crippen molar-refractivity contribution in [3.05, 3.63) is 93.0 Å². The van der Waals surface area contributed by atoms with Crippen LogP contribution in [-0.2, 0) is 23.2 Å². The first-order chi connectivity index (χ1) is 23.2. The number of anilines is 2. The number of pyridine rings is 1. The van der Waals surface area contributed by atoms with Gasteiger partial charge in [0.05, 0.1) is 23.3 Å². The smallest absolute Gasteiger partial charge is 0.287 e. The molecule has 3 aliphatic heterocycles. The Bertz CT molecular complexity index is 1890. The van der Waals surface area contributed by atoms with E-state index < -0.39 is 0 Å². The van der Waals surface area contributed by atoms with E-state index in [1.807, 2.05) is 6.07 Å². The van der Waals surface area contributed by atoms with E-state index in [-0.39, 0.29) is 34.4 Å². The molecule has 48 heavy (non-hydrogen) atoms. The van der Waals surface area contributed by atoms with Crippen LogP contribution in [0, 0.1) is 0 Å². The highest BCUT2D eigenvalue weighted by atomic mass is 35.5. The Balaban J connectivity index is 0.928. The van der Waals surface area contributed by atoms with Gasteiger partial charge in [-0.2, -0.15) is 5.10 Å². The SMILES string of the molecule is CN1C[C@@H](Nc2cnn(C)c(=O)c2Cl)C[C@@H](c2ccc(CN3CCN(c4ccc5cc(C6CCC(=O)NC6=O)cnc5c4)CC3)cc2)C1. The van der Waals surface area contributed by atoms with E-state index in [2.05, 4.69) is 84.9 Å². The summed E-state index contributed by atoms with van der Waals surface area (Å²) in [5, 5.41) is 11.2. The zero-order chi connectivity index (χ0) is 33.4. The van der Waals surface area contributed by atoms with Crippen LogP contribution in [0.4, 0.5) is 11.4 Å². The molecular weight excluding hydrogens is 628 g/mol. The number of amides is 2. The normalized spacial score (nSPS) is 22.6. The van der Waals surface area contributed by atoms with Crippen LogP contribution in [0.2, 0.25) is 5.02 Å². The fourth-order valence-electron chi connectivity index (χ4n) is 7.34. The van der Waals surface area contributed by atoms with Gasteiger partial charge < -0.3 is 15.1 Å². The number of halogens is 1. The van der Waals surface area contributed by atoms with Gasteiger partial charge in [-0.3, -0.25) is 29.6 Å². The van der Waals surface area contributed by atoms with Gasteiger partial charge in [-0.25, -0.2) is 4.68 Å². The zero-order valence-corrected chi connectivity index (χ0v) is 28.1. The quantitative estimate of drug-likeness (QED) is 0.284. The molecular formula is C36H41ClN8O3. The van der Waals surface area contributed by atoms with Crippen molar-refractivity contribution in [3.63, 3.8) is 0 Å². The molecule has 1 unspecified atom stereocenters. The van der Waals surface area contributed by atoms with Crippen LogP contribution in [-0.4, -0.2) is 88.7 Å². The largest absolute Gasteiger partial charge is 0.378 e. The minimum absolute atomic E-state index is 0.157. The van der Waals surface area contributed by atoms with Crippen molar-refractivity contribution in [2.45, 2.75) is 43.7 Å². The molecule has 2 N–H and O–H groups in total. The van der Waals surface area contributed by atoms with Crippen molar-refractivity contribution in [1.82, 2.24) is 29.9 Å². The number of hydrogen-bond donors (Lipinski definition) is 2. The number of hydrogen-bond acceptors (Lipinski definition) is 9. The lowest BCUT2D eigenvalue weighted by Gasteiger charge is -2.37. The van der Waals surface area contributed by atoms with Crippen molar-refractivity contribution in [3.8, 4) is 0 Å². The van der Waals surface area contributed by atoms with Gasteiger partial charge in [0.1, 0.15) is 5.02 Å². The standard InChI is InChI=1S/C36H41ClN8O3/c1-42-21-27(16-28(22-42)40-32-19-39-43(2)36(48)34(32)37)24-5-3-23(4-6-24)20-44-11-13-45(14-12-44)29-8-7-25-15-26(18-38-31(25)17-29)30-9-10-33(46)41-35(30)47/h3-8,15,17-19,27-28,30,40H,9-14,16,20-22H2,1-2H3,(H,41,46,47)/t27-,28+,30?/m1/s1. The van der Waals surface area contributed by atoms with Gasteiger partial charge in [-0.05, 0) is 60.7 Å². The van der Waals surface area contributed by atoms with E-state index in [4.69, 9.17) is 11.6 Å². The zero-order valence-electron chi connectivity index (χ0n) is 27.4. The summed E-state index contributed by atoms with van der Waals surface area (Å²) < 4.78 is 1.25. The molecule has 2 aromatic heterocycles. The van der Waals surface area contributed by atoms with Crippen molar-refractivity contribution in [2.24, 2.45) is 7.05 Å². The van der Waals surface area contributed by atoms with E-state index in [1.165, 1.54) is 15.8 Å². The molecule has 5 heterocycles. The lowest BCUT2D eigenvalue weighted by Crippen LogP contribution is -2.46. The van der Waals surface area contributed by atoms with Gasteiger partial charge in [0.25, 0.3) is 5.56 Å². The first-order valence-corrected chi connectivity index (χ1v) is 17.0. The van der Waals surface area contributed by atoms with Gasteiger partial charge >= 0.3 is 0 Å². The Hall–Kier alpha value is -4.32. The Kier molecular flexibility index (Phi) is 9.17. The molecule has 250 valence electrons. The topological polar surface area (TPSA) is 116 Å². The number of carbonyl (C=O) groups excluding carboxylic acids is 2. The summed E-state index contributed by atoms with van der Waals surface area (Å²) in [6.45, 7) is 6.59. The number of rotatable bonds is 7. The molecule has 3 saturated heterocycles. The minimum atomic E-state index is -0.330. The number of piperazine rings is 1. The molecule has 12 heteroatoms. The van der Waals surface area contributed by atoms with Gasteiger partial charge in [-0.1, -0.05) is 41.9 Å². The van der Waals surface area contributed by atoms with Crippen molar-refractivity contribution >= 4 is 45.7 Å². The lowest BCUT2D eigenvalue weighted by molar-refractivity contribution is -0.134. The lowest BCUT2D eigenvalue weighted by atomic mass is 9.87. The Labute approximate surface area is 284 Å². The summed E-state index contributed by atoms with van der Waals surface area (Å²) in [5.41, 5.74) is 5.85. The van der Waals surface area contributed by atoms with Gasteiger partial charge in [0.2, 0.25) is 11.8 Å². The van der Waals surface area contributed by atoms with Crippen molar-refractivity contribution in [1.29, 1.82) is 0 Å². The molecule has 0 bridgehead atoms. The highest BCUT2D eigenvalue weighted by Gasteiger charge is 2.29. The van der Waals surface area contributed by atoms with E-state index in [1.54, 1.807) is 19.4 Å². The van der Waals surface area contributed by atoms with Crippen LogP contribution in [0.1, 0.15) is 47.8 Å². The number of fused-ring (bicyclic) bond motifs is 1. The number of likely N-dealkylation sites (N-methyl/N-ethyl adjacent to an activating group) is 1. The summed E-state index contributed by atoms with van der Waals surface area (Å²) in [7, 11) is 3.73. The third-order valence-corrected chi connectivity index (χ3v) is 10.4. The molecule has 3 atom stereocenters. The van der Waals surface area contributed by atoms with E-state index in [0.717, 1.165) is 74.4 Å². The van der Waals surface area contributed by atoms with Crippen LogP contribution in [0.15, 0.2) is 65.7 Å². The Morgan fingerprint density at radius 2 is 1.73 bits per heavy atom. The summed E-state index contributed by atoms with van der Waals surface area (Å²) in [6.07, 6.45) is 5.23. The average molecular weight is 669 g/mol. The summed E-state index contributed by atoms with van der Waals surface area (Å²) in [6, 6.07) is 17.6. The third-order valence-electron chi connectivity index (χ3n) is 10.00. The van der Waals surface area contributed by atoms with E-state index in [9.17, 15) is 14.4 Å². The molecule has 3 aliphatic rings. The molecule has 4 aromatic rings. The van der Waals surface area contributed by atoms with Crippen LogP contribution in [0.25, 0.3) is 10.9 Å². The minimum Gasteiger partial charge on any atom is -0.378 e. The third kappa shape index (κ3) is 6.94. The van der Waals surface area contributed by atoms with Crippen LogP contribution < -0.4 is 21.1 Å². The van der Waals surface area contributed by atoms with Crippen molar-refractivity contribution < 1.29 is 9.59 Å². The molecule has 0 aliphatic carbocycles. The van der Waals surface area contributed by atoms with Gasteiger partial charge in [-0.15, -0.1) is 0 Å². The van der Waals surface area contributed by atoms with Crippen LogP contribution in [0.3, 0.4) is 0 Å². The maximum Gasteiger partial charge on any atom is 0.287 e. The Morgan fingerprint density at radius 1 is 0.938 bits per heavy atom. The van der Waals surface area contributed by atoms with Gasteiger partial charge in [0, 0.05) is 82.6 Å². The number of benzene rings is 2. The highest BCUT2D eigenvalue weighted by molar-refractivity contribution is 6.32. The predicted octanol–water partition coefficient (Wildman–Crippen LogP) is 3.72. The first-order valence-electron chi connectivity index (χ1n) is 16.7. The molecule has 11 nitrogen and oxygen atoms in total. The maximum atomic E-state index is 12.3. The number of carbonyl (C=O) groups is 2. The van der Waals surface area contributed by atoms with Crippen molar-refractivity contribution in [2.75, 3.05) is 56.5 Å². The fraction of sp³-hybridized carbons (Fsp3) is 0.417. The monoisotopic (exact) mass is 668 g/mol. The second-order valence-electron chi connectivity index (χ2n) is 13.5. The van der Waals surface area contributed by atoms with Crippen LogP contribution in [0.5, 0.6) is 0 Å². The summed E-state index contributed by atoms with van der Waals surface area (Å²) in [5.74, 6) is -0.398. The number of nitrogens with zero attached hydrogens (tertiary/aromatic N) is 6. The van der Waals surface area contributed by atoms with E-state index in [0.29, 0.717) is 24.4 Å². The second kappa shape index (κ2) is 13.7. The number of piperidine rings is 2. The first kappa shape index (κ1) is 32.2. The molecule has 2 amide bonds. The number of likely N-dealkylation sites (tertiary alicyclic amines) is 1. The fourth-order valence-corrected chi connectivity index (χ4v) is 7.57. The molecule has 3 fully saturated rings. The molecule has 0 saturated carbocycles. The number of aryl methyl sites for hydroxylation is 1. The van der Waals surface area contributed by atoms with Gasteiger partial charge in [0.15, 0.2) is 0 Å². The maximum absolute atomic E-state index is 12.3. The average Bonchev–Trinajstić information content (AvgIpc) is 3.08. The van der Waals surface area contributed by atoms with Crippen LogP contribution >= 0.6 is 11.6 Å². The van der Waals surface area contributed by atoms with E-state index >= 15 is 0 Å². The molecule has 2 aromatic carbocycles. The Morgan fingerprint density at radius 3 is 2.50 bits per heavy atom. The number of aromatic nitrogens is 3. The predicted molar refractivity (Wildman–Crippen MR) is 188 cm³/mol. The number of imide groups is 1. The highest BCUT2D eigenvalue weighted by Crippen LogP contribution is 2.31. The molecule has 7 rings (SSSR count). The molecule has 0 radical (unpaired) electrons. The second-order valence-corrected chi connectivity index (χ2v) is 13.8. The number of nitrogens with one attached hydrogen (secondary N) is 2. The molecule has 0 spiro atoms. The summed E-state index contributed by atoms with van der Waals surface area (Å²) >= 11 is 6.32. The summed E-state index contributed by atoms with van der Waals surface area (Å²) in [4.78, 5) is 48.0.